The van der Waals surface area contributed by atoms with Crippen molar-refractivity contribution in [2.45, 2.75) is 26.3 Å². The molecule has 1 rings (SSSR count). The first-order valence-corrected chi connectivity index (χ1v) is 5.51. The molecule has 0 fully saturated rings. The summed E-state index contributed by atoms with van der Waals surface area (Å²) in [6.07, 6.45) is 7.04. The first kappa shape index (κ1) is 12.1. The van der Waals surface area contributed by atoms with Gasteiger partial charge in [0.05, 0.1) is 0 Å². The van der Waals surface area contributed by atoms with Crippen LogP contribution in [0, 0.1) is 19.3 Å². The minimum Gasteiger partial charge on any atom is -0.313 e. The molecule has 0 heterocycles. The summed E-state index contributed by atoms with van der Waals surface area (Å²) in [6, 6.07) is 5.97. The van der Waals surface area contributed by atoms with Gasteiger partial charge in [-0.15, -0.1) is 12.3 Å². The molecule has 0 radical (unpaired) electrons. The standard InChI is InChI=1S/C13H16ClN/c1-3-4-5-8-15-10-12-6-7-13(14)9-11(12)2/h1,6-7,9,15H,4-5,8,10H2,2H3. The Morgan fingerprint density at radius 2 is 2.27 bits per heavy atom. The maximum Gasteiger partial charge on any atom is 0.0408 e. The molecule has 0 amide bonds. The molecule has 0 saturated heterocycles. The van der Waals surface area contributed by atoms with E-state index >= 15 is 0 Å². The molecule has 15 heavy (non-hydrogen) atoms. The van der Waals surface area contributed by atoms with Crippen LogP contribution in [0.4, 0.5) is 0 Å². The van der Waals surface area contributed by atoms with Crippen LogP contribution in [0.5, 0.6) is 0 Å². The number of aryl methyl sites for hydroxylation is 1. The number of hydrogen-bond acceptors (Lipinski definition) is 1. The van der Waals surface area contributed by atoms with Gasteiger partial charge in [0.15, 0.2) is 0 Å². The fourth-order valence-electron chi connectivity index (χ4n) is 1.40. The van der Waals surface area contributed by atoms with Crippen LogP contribution in [-0.2, 0) is 6.54 Å². The predicted molar refractivity (Wildman–Crippen MR) is 66.0 cm³/mol. The van der Waals surface area contributed by atoms with Gasteiger partial charge in [0.25, 0.3) is 0 Å². The van der Waals surface area contributed by atoms with E-state index < -0.39 is 0 Å². The molecule has 2 heteroatoms. The first-order valence-electron chi connectivity index (χ1n) is 5.13. The molecule has 1 aromatic rings. The highest BCUT2D eigenvalue weighted by atomic mass is 35.5. The number of hydrogen-bond donors (Lipinski definition) is 1. The summed E-state index contributed by atoms with van der Waals surface area (Å²) in [7, 11) is 0. The Morgan fingerprint density at radius 1 is 1.47 bits per heavy atom. The second kappa shape index (κ2) is 6.50. The lowest BCUT2D eigenvalue weighted by molar-refractivity contribution is 0.657. The van der Waals surface area contributed by atoms with Gasteiger partial charge in [-0.05, 0) is 43.1 Å². The molecule has 0 spiro atoms. The Morgan fingerprint density at radius 3 is 2.93 bits per heavy atom. The van der Waals surface area contributed by atoms with Crippen molar-refractivity contribution in [3.63, 3.8) is 0 Å². The van der Waals surface area contributed by atoms with E-state index in [1.807, 2.05) is 12.1 Å². The predicted octanol–water partition coefficient (Wildman–Crippen LogP) is 3.15. The Labute approximate surface area is 96.8 Å². The van der Waals surface area contributed by atoms with Gasteiger partial charge in [-0.1, -0.05) is 17.7 Å². The van der Waals surface area contributed by atoms with Crippen LogP contribution in [-0.4, -0.2) is 6.54 Å². The number of rotatable bonds is 5. The topological polar surface area (TPSA) is 12.0 Å². The van der Waals surface area contributed by atoms with Crippen LogP contribution >= 0.6 is 11.6 Å². The van der Waals surface area contributed by atoms with Gasteiger partial charge in [-0.2, -0.15) is 0 Å². The van der Waals surface area contributed by atoms with Crippen molar-refractivity contribution in [3.8, 4) is 12.3 Å². The molecule has 0 saturated carbocycles. The van der Waals surface area contributed by atoms with Gasteiger partial charge in [-0.3, -0.25) is 0 Å². The summed E-state index contributed by atoms with van der Waals surface area (Å²) in [4.78, 5) is 0. The lowest BCUT2D eigenvalue weighted by Gasteiger charge is -2.07. The van der Waals surface area contributed by atoms with E-state index in [2.05, 4.69) is 24.2 Å². The van der Waals surface area contributed by atoms with Gasteiger partial charge in [-0.25, -0.2) is 0 Å². The van der Waals surface area contributed by atoms with Gasteiger partial charge in [0.1, 0.15) is 0 Å². The summed E-state index contributed by atoms with van der Waals surface area (Å²) in [5.74, 6) is 2.63. The molecule has 0 aliphatic carbocycles. The maximum absolute atomic E-state index is 5.88. The maximum atomic E-state index is 5.88. The summed E-state index contributed by atoms with van der Waals surface area (Å²) >= 11 is 5.88. The van der Waals surface area contributed by atoms with Gasteiger partial charge < -0.3 is 5.32 Å². The first-order chi connectivity index (χ1) is 7.24. The smallest absolute Gasteiger partial charge is 0.0408 e. The van der Waals surface area contributed by atoms with Crippen molar-refractivity contribution >= 4 is 11.6 Å². The van der Waals surface area contributed by atoms with Crippen molar-refractivity contribution in [1.29, 1.82) is 0 Å². The summed E-state index contributed by atoms with van der Waals surface area (Å²) in [5.41, 5.74) is 2.52. The molecule has 80 valence electrons. The fraction of sp³-hybridized carbons (Fsp3) is 0.385. The van der Waals surface area contributed by atoms with Crippen molar-refractivity contribution < 1.29 is 0 Å². The highest BCUT2D eigenvalue weighted by Gasteiger charge is 1.98. The second-order valence-electron chi connectivity index (χ2n) is 3.56. The van der Waals surface area contributed by atoms with Crippen molar-refractivity contribution in [2.24, 2.45) is 0 Å². The largest absolute Gasteiger partial charge is 0.313 e. The van der Waals surface area contributed by atoms with Gasteiger partial charge >= 0.3 is 0 Å². The van der Waals surface area contributed by atoms with Crippen LogP contribution in [0.3, 0.4) is 0 Å². The van der Waals surface area contributed by atoms with Crippen molar-refractivity contribution in [1.82, 2.24) is 5.32 Å². The van der Waals surface area contributed by atoms with E-state index in [1.54, 1.807) is 0 Å². The Hall–Kier alpha value is -0.970. The monoisotopic (exact) mass is 221 g/mol. The van der Waals surface area contributed by atoms with E-state index in [1.165, 1.54) is 11.1 Å². The Kier molecular flexibility index (Phi) is 5.25. The highest BCUT2D eigenvalue weighted by molar-refractivity contribution is 6.30. The van der Waals surface area contributed by atoms with Crippen LogP contribution in [0.1, 0.15) is 24.0 Å². The summed E-state index contributed by atoms with van der Waals surface area (Å²) in [6.45, 7) is 3.92. The summed E-state index contributed by atoms with van der Waals surface area (Å²) < 4.78 is 0. The second-order valence-corrected chi connectivity index (χ2v) is 3.99. The number of unbranched alkanes of at least 4 members (excludes halogenated alkanes) is 1. The number of terminal acetylenes is 1. The minimum atomic E-state index is 0.795. The molecule has 0 aliphatic rings. The van der Waals surface area contributed by atoms with Crippen molar-refractivity contribution in [3.05, 3.63) is 34.3 Å². The molecule has 1 N–H and O–H groups in total. The lowest BCUT2D eigenvalue weighted by Crippen LogP contribution is -2.15. The molecule has 1 aromatic carbocycles. The molecule has 0 aliphatic heterocycles. The van der Waals surface area contributed by atoms with Crippen LogP contribution in [0.2, 0.25) is 5.02 Å². The van der Waals surface area contributed by atoms with Crippen LogP contribution < -0.4 is 5.32 Å². The molecule has 1 nitrogen and oxygen atoms in total. The fourth-order valence-corrected chi connectivity index (χ4v) is 1.62. The third-order valence-electron chi connectivity index (χ3n) is 2.29. The van der Waals surface area contributed by atoms with Crippen LogP contribution in [0.25, 0.3) is 0 Å². The number of benzene rings is 1. The Balaban J connectivity index is 2.35. The SMILES string of the molecule is C#CCCCNCc1ccc(Cl)cc1C. The van der Waals surface area contributed by atoms with E-state index in [0.717, 1.165) is 31.0 Å². The number of nitrogens with one attached hydrogen (secondary N) is 1. The third-order valence-corrected chi connectivity index (χ3v) is 2.53. The third kappa shape index (κ3) is 4.38. The Bertz CT molecular complexity index is 352. The summed E-state index contributed by atoms with van der Waals surface area (Å²) in [5, 5.41) is 4.15. The van der Waals surface area contributed by atoms with Crippen molar-refractivity contribution in [2.75, 3.05) is 6.54 Å². The zero-order chi connectivity index (χ0) is 11.1. The average molecular weight is 222 g/mol. The highest BCUT2D eigenvalue weighted by Crippen LogP contribution is 2.14. The number of halogens is 1. The quantitative estimate of drug-likeness (QED) is 0.595. The van der Waals surface area contributed by atoms with E-state index in [0.29, 0.717) is 0 Å². The van der Waals surface area contributed by atoms with Gasteiger partial charge in [0, 0.05) is 18.0 Å². The molecule has 0 bridgehead atoms. The van der Waals surface area contributed by atoms with E-state index in [4.69, 9.17) is 18.0 Å². The van der Waals surface area contributed by atoms with Gasteiger partial charge in [0.2, 0.25) is 0 Å². The average Bonchev–Trinajstić information content (AvgIpc) is 2.20. The minimum absolute atomic E-state index is 0.795. The molecular weight excluding hydrogens is 206 g/mol. The molecule has 0 aromatic heterocycles. The van der Waals surface area contributed by atoms with E-state index in [-0.39, 0.29) is 0 Å². The van der Waals surface area contributed by atoms with E-state index in [9.17, 15) is 0 Å². The zero-order valence-corrected chi connectivity index (χ0v) is 9.77. The van der Waals surface area contributed by atoms with Crippen LogP contribution in [0.15, 0.2) is 18.2 Å². The lowest BCUT2D eigenvalue weighted by atomic mass is 10.1. The molecule has 0 unspecified atom stereocenters. The molecule has 0 atom stereocenters. The molecular formula is C13H16ClN. The zero-order valence-electron chi connectivity index (χ0n) is 9.02. The normalized spacial score (nSPS) is 9.93.